The monoisotopic (exact) mass is 570 g/mol. The highest BCUT2D eigenvalue weighted by Gasteiger charge is 2.12. The summed E-state index contributed by atoms with van der Waals surface area (Å²) in [5.41, 5.74) is 9.39. The van der Waals surface area contributed by atoms with Crippen molar-refractivity contribution in [3.63, 3.8) is 0 Å². The first kappa shape index (κ1) is 39.1. The molecular weight excluding hydrogens is 508 g/mol. The second kappa shape index (κ2) is 23.6. The van der Waals surface area contributed by atoms with Gasteiger partial charge in [0.1, 0.15) is 0 Å². The van der Waals surface area contributed by atoms with E-state index in [9.17, 15) is 0 Å². The first-order chi connectivity index (χ1) is 19.8. The van der Waals surface area contributed by atoms with Gasteiger partial charge in [-0.15, -0.1) is 0 Å². The van der Waals surface area contributed by atoms with Crippen LogP contribution in [0, 0.1) is 0 Å². The first-order valence-corrected chi connectivity index (χ1v) is 15.7. The normalized spacial score (nSPS) is 15.3. The fourth-order valence-electron chi connectivity index (χ4n) is 3.87. The molecule has 0 spiro atoms. The highest BCUT2D eigenvalue weighted by Crippen LogP contribution is 2.15. The van der Waals surface area contributed by atoms with Gasteiger partial charge in [0, 0.05) is 7.11 Å². The minimum atomic E-state index is -0.110. The quantitative estimate of drug-likeness (QED) is 0.111. The molecule has 0 aromatic heterocycles. The van der Waals surface area contributed by atoms with E-state index < -0.39 is 0 Å². The summed E-state index contributed by atoms with van der Waals surface area (Å²) in [6.45, 7) is 21.7. The predicted molar refractivity (Wildman–Crippen MR) is 192 cm³/mol. The Morgan fingerprint density at radius 1 is 0.524 bits per heavy atom. The minimum Gasteiger partial charge on any atom is -0.378 e. The molecule has 0 heterocycles. The molecule has 0 saturated carbocycles. The smallest absolute Gasteiger partial charge is 0.0657 e. The van der Waals surface area contributed by atoms with E-state index in [4.69, 9.17) is 4.74 Å². The third kappa shape index (κ3) is 24.9. The van der Waals surface area contributed by atoms with Gasteiger partial charge in [-0.25, -0.2) is 0 Å². The zero-order valence-electron chi connectivity index (χ0n) is 29.0. The van der Waals surface area contributed by atoms with Crippen molar-refractivity contribution in [1.82, 2.24) is 0 Å². The summed E-state index contributed by atoms with van der Waals surface area (Å²) in [5, 5.41) is 0. The lowest BCUT2D eigenvalue weighted by atomic mass is 10.0. The van der Waals surface area contributed by atoms with Crippen molar-refractivity contribution in [2.45, 2.75) is 120 Å². The Morgan fingerprint density at radius 2 is 1.00 bits per heavy atom. The molecule has 1 nitrogen and oxygen atoms in total. The van der Waals surface area contributed by atoms with Crippen molar-refractivity contribution in [2.24, 2.45) is 0 Å². The number of hydrogen-bond donors (Lipinski definition) is 0. The van der Waals surface area contributed by atoms with Gasteiger partial charge in [0.25, 0.3) is 0 Å². The molecule has 0 unspecified atom stereocenters. The maximum absolute atomic E-state index is 5.46. The summed E-state index contributed by atoms with van der Waals surface area (Å²) in [7, 11) is 1.76. The van der Waals surface area contributed by atoms with Crippen LogP contribution in [-0.4, -0.2) is 12.7 Å². The molecule has 0 aliphatic carbocycles. The lowest BCUT2D eigenvalue weighted by Crippen LogP contribution is -2.20. The zero-order chi connectivity index (χ0) is 31.8. The van der Waals surface area contributed by atoms with Crippen LogP contribution in [0.2, 0.25) is 0 Å². The van der Waals surface area contributed by atoms with Crippen molar-refractivity contribution in [2.75, 3.05) is 7.11 Å². The summed E-state index contributed by atoms with van der Waals surface area (Å²) >= 11 is 0. The van der Waals surface area contributed by atoms with Crippen LogP contribution in [0.5, 0.6) is 0 Å². The molecule has 0 atom stereocenters. The summed E-state index contributed by atoms with van der Waals surface area (Å²) in [6, 6.07) is 0. The van der Waals surface area contributed by atoms with E-state index in [0.29, 0.717) is 0 Å². The Balaban J connectivity index is 4.53. The summed E-state index contributed by atoms with van der Waals surface area (Å²) in [4.78, 5) is 0. The van der Waals surface area contributed by atoms with Gasteiger partial charge in [0.05, 0.1) is 5.60 Å². The molecule has 0 aromatic carbocycles. The lowest BCUT2D eigenvalue weighted by molar-refractivity contribution is 0.0255. The van der Waals surface area contributed by atoms with Gasteiger partial charge in [-0.1, -0.05) is 130 Å². The topological polar surface area (TPSA) is 9.23 Å². The van der Waals surface area contributed by atoms with Crippen LogP contribution in [0.1, 0.15) is 114 Å². The van der Waals surface area contributed by atoms with Crippen molar-refractivity contribution in [3.8, 4) is 0 Å². The Bertz CT molecular complexity index is 1110. The number of allylic oxidation sites excluding steroid dienone is 21. The van der Waals surface area contributed by atoms with Crippen molar-refractivity contribution < 1.29 is 4.74 Å². The molecule has 0 aliphatic rings. The Labute approximate surface area is 261 Å². The van der Waals surface area contributed by atoms with E-state index in [1.54, 1.807) is 7.11 Å². The van der Waals surface area contributed by atoms with Gasteiger partial charge >= 0.3 is 0 Å². The SMILES string of the molecule is COC(C)(C)C/C=C/C(C)=C/C=C/C(C)=C/CC/C(C)=C/C=C/C=C(C)\C=C/C=C(\C)CC/C=C(\C)CCC=C(C)C. The second-order valence-corrected chi connectivity index (χ2v) is 12.4. The average Bonchev–Trinajstić information content (AvgIpc) is 2.91. The largest absolute Gasteiger partial charge is 0.378 e. The third-order valence-electron chi connectivity index (χ3n) is 6.98. The molecule has 232 valence electrons. The molecule has 0 bridgehead atoms. The second-order valence-electron chi connectivity index (χ2n) is 12.4. The van der Waals surface area contributed by atoms with Crippen LogP contribution < -0.4 is 0 Å². The summed E-state index contributed by atoms with van der Waals surface area (Å²) < 4.78 is 5.46. The van der Waals surface area contributed by atoms with E-state index in [0.717, 1.165) is 38.5 Å². The van der Waals surface area contributed by atoms with Gasteiger partial charge in [-0.2, -0.15) is 0 Å². The number of rotatable bonds is 19. The van der Waals surface area contributed by atoms with Gasteiger partial charge < -0.3 is 4.74 Å². The van der Waals surface area contributed by atoms with Crippen LogP contribution in [0.3, 0.4) is 0 Å². The van der Waals surface area contributed by atoms with Crippen molar-refractivity contribution >= 4 is 0 Å². The van der Waals surface area contributed by atoms with Crippen LogP contribution in [-0.2, 0) is 4.74 Å². The third-order valence-corrected chi connectivity index (χ3v) is 6.98. The molecule has 0 amide bonds. The van der Waals surface area contributed by atoms with Gasteiger partial charge in [0.15, 0.2) is 0 Å². The fraction of sp³-hybridized carbons (Fsp3) is 0.463. The maximum atomic E-state index is 5.46. The Kier molecular flexibility index (Phi) is 22.0. The maximum Gasteiger partial charge on any atom is 0.0657 e. The molecule has 1 heteroatoms. The molecular formula is C41H62O. The summed E-state index contributed by atoms with van der Waals surface area (Å²) in [6.07, 6.45) is 40.7. The predicted octanol–water partition coefficient (Wildman–Crippen LogP) is 13.0. The number of ether oxygens (including phenoxy) is 1. The molecule has 0 fully saturated rings. The van der Waals surface area contributed by atoms with E-state index in [1.165, 1.54) is 45.4 Å². The molecule has 0 aromatic rings. The Hall–Kier alpha value is -2.90. The van der Waals surface area contributed by atoms with Crippen LogP contribution in [0.4, 0.5) is 0 Å². The average molecular weight is 571 g/mol. The van der Waals surface area contributed by atoms with Crippen molar-refractivity contribution in [1.29, 1.82) is 0 Å². The minimum absolute atomic E-state index is 0.110. The van der Waals surface area contributed by atoms with Crippen LogP contribution in [0.15, 0.2) is 130 Å². The highest BCUT2D eigenvalue weighted by atomic mass is 16.5. The van der Waals surface area contributed by atoms with E-state index in [2.05, 4.69) is 160 Å². The molecule has 42 heavy (non-hydrogen) atoms. The molecule has 0 saturated heterocycles. The molecule has 0 N–H and O–H groups in total. The van der Waals surface area contributed by atoms with E-state index >= 15 is 0 Å². The van der Waals surface area contributed by atoms with Gasteiger partial charge in [0.2, 0.25) is 0 Å². The van der Waals surface area contributed by atoms with Gasteiger partial charge in [-0.3, -0.25) is 0 Å². The molecule has 0 aliphatic heterocycles. The number of methoxy groups -OCH3 is 1. The fourth-order valence-corrected chi connectivity index (χ4v) is 3.87. The van der Waals surface area contributed by atoms with E-state index in [-0.39, 0.29) is 5.60 Å². The van der Waals surface area contributed by atoms with E-state index in [1.807, 2.05) is 0 Å². The lowest BCUT2D eigenvalue weighted by Gasteiger charge is -2.20. The van der Waals surface area contributed by atoms with Gasteiger partial charge in [-0.05, 0) is 114 Å². The first-order valence-electron chi connectivity index (χ1n) is 15.7. The zero-order valence-corrected chi connectivity index (χ0v) is 29.0. The standard InChI is InChI=1S/C41H62O/c1-34(2)20-14-23-37(5)26-17-29-38(6)27-15-24-35(3)21-12-13-22-36(4)25-16-28-39(7)30-18-31-40(8)32-19-33-41(9,10)42-11/h12-13,15,18-22,24,26-28,30-32H,14,16-17,23,25,29,33H2,1-11H3/b13-12+,24-15-,30-18+,32-19+,35-21-,36-22+,37-26+,38-27+,39-28+,40-31+. The molecule has 0 radical (unpaired) electrons. The number of hydrogen-bond acceptors (Lipinski definition) is 1. The van der Waals surface area contributed by atoms with Crippen molar-refractivity contribution in [3.05, 3.63) is 130 Å². The van der Waals surface area contributed by atoms with Crippen LogP contribution in [0.25, 0.3) is 0 Å². The van der Waals surface area contributed by atoms with Crippen LogP contribution >= 0.6 is 0 Å². The Morgan fingerprint density at radius 3 is 1.64 bits per heavy atom. The molecule has 0 rings (SSSR count). The summed E-state index contributed by atoms with van der Waals surface area (Å²) in [5.74, 6) is 0. The highest BCUT2D eigenvalue weighted by molar-refractivity contribution is 5.28.